The molecule has 84 valence electrons. The van der Waals surface area contributed by atoms with Crippen molar-refractivity contribution in [2.75, 3.05) is 20.8 Å². The number of aliphatic hydroxyl groups excluding tert-OH is 1. The van der Waals surface area contributed by atoms with E-state index in [0.717, 1.165) is 12.0 Å². The summed E-state index contributed by atoms with van der Waals surface area (Å²) in [5.74, 6) is 0.488. The summed E-state index contributed by atoms with van der Waals surface area (Å²) in [6.45, 7) is 0.652. The Balaban J connectivity index is 2.59. The lowest BCUT2D eigenvalue weighted by molar-refractivity contribution is 0.133. The van der Waals surface area contributed by atoms with Gasteiger partial charge in [-0.1, -0.05) is 0 Å². The van der Waals surface area contributed by atoms with Crippen molar-refractivity contribution in [1.82, 2.24) is 4.98 Å². The van der Waals surface area contributed by atoms with Gasteiger partial charge in [0.25, 0.3) is 0 Å². The molecule has 0 amide bonds. The SMILES string of the molecule is COCCCC(O)c1cccnc1OC. The Kier molecular flexibility index (Phi) is 5.07. The predicted octanol–water partition coefficient (Wildman–Crippen LogP) is 1.55. The van der Waals surface area contributed by atoms with E-state index in [9.17, 15) is 5.11 Å². The van der Waals surface area contributed by atoms with Crippen LogP contribution in [0.4, 0.5) is 0 Å². The van der Waals surface area contributed by atoms with Crippen LogP contribution in [0.2, 0.25) is 0 Å². The van der Waals surface area contributed by atoms with E-state index in [1.54, 1.807) is 26.5 Å². The molecule has 0 bridgehead atoms. The Labute approximate surface area is 89.9 Å². The fourth-order valence-electron chi connectivity index (χ4n) is 1.40. The van der Waals surface area contributed by atoms with Crippen LogP contribution in [0.5, 0.6) is 5.88 Å². The number of hydrogen-bond acceptors (Lipinski definition) is 4. The molecule has 0 spiro atoms. The van der Waals surface area contributed by atoms with Gasteiger partial charge >= 0.3 is 0 Å². The number of aliphatic hydroxyl groups is 1. The van der Waals surface area contributed by atoms with Crippen molar-refractivity contribution in [1.29, 1.82) is 0 Å². The maximum absolute atomic E-state index is 9.88. The van der Waals surface area contributed by atoms with Crippen LogP contribution in [0.3, 0.4) is 0 Å². The molecule has 15 heavy (non-hydrogen) atoms. The summed E-state index contributed by atoms with van der Waals surface area (Å²) in [6.07, 6.45) is 2.57. The number of pyridine rings is 1. The highest BCUT2D eigenvalue weighted by Gasteiger charge is 2.12. The molecule has 1 rings (SSSR count). The van der Waals surface area contributed by atoms with Crippen LogP contribution in [0.1, 0.15) is 24.5 Å². The van der Waals surface area contributed by atoms with E-state index in [4.69, 9.17) is 9.47 Å². The number of nitrogens with zero attached hydrogens (tertiary/aromatic N) is 1. The van der Waals surface area contributed by atoms with E-state index in [0.29, 0.717) is 18.9 Å². The van der Waals surface area contributed by atoms with Crippen molar-refractivity contribution in [3.63, 3.8) is 0 Å². The molecule has 0 radical (unpaired) electrons. The van der Waals surface area contributed by atoms with Gasteiger partial charge in [0, 0.05) is 25.5 Å². The van der Waals surface area contributed by atoms with Crippen molar-refractivity contribution in [3.05, 3.63) is 23.9 Å². The third kappa shape index (κ3) is 3.49. The Bertz CT molecular complexity index is 291. The molecule has 1 N–H and O–H groups in total. The second-order valence-electron chi connectivity index (χ2n) is 3.25. The second kappa shape index (κ2) is 6.37. The predicted molar refractivity (Wildman–Crippen MR) is 56.9 cm³/mol. The lowest BCUT2D eigenvalue weighted by Gasteiger charge is -2.13. The Morgan fingerprint density at radius 2 is 2.27 bits per heavy atom. The lowest BCUT2D eigenvalue weighted by Crippen LogP contribution is -2.03. The molecule has 4 nitrogen and oxygen atoms in total. The molecule has 0 aliphatic heterocycles. The van der Waals surface area contributed by atoms with Gasteiger partial charge in [-0.05, 0) is 25.0 Å². The second-order valence-corrected chi connectivity index (χ2v) is 3.25. The van der Waals surface area contributed by atoms with Crippen LogP contribution in [0.15, 0.2) is 18.3 Å². The minimum atomic E-state index is -0.538. The molecular weight excluding hydrogens is 194 g/mol. The fraction of sp³-hybridized carbons (Fsp3) is 0.545. The molecule has 0 aromatic carbocycles. The quantitative estimate of drug-likeness (QED) is 0.725. The van der Waals surface area contributed by atoms with Crippen molar-refractivity contribution in [3.8, 4) is 5.88 Å². The van der Waals surface area contributed by atoms with Crippen LogP contribution in [-0.2, 0) is 4.74 Å². The first-order valence-corrected chi connectivity index (χ1v) is 4.95. The lowest BCUT2D eigenvalue weighted by atomic mass is 10.1. The molecule has 1 unspecified atom stereocenters. The van der Waals surface area contributed by atoms with Crippen molar-refractivity contribution < 1.29 is 14.6 Å². The van der Waals surface area contributed by atoms with Gasteiger partial charge in [0.05, 0.1) is 13.2 Å². The summed E-state index contributed by atoms with van der Waals surface area (Å²) in [6, 6.07) is 3.61. The van der Waals surface area contributed by atoms with E-state index in [2.05, 4.69) is 4.98 Å². The highest BCUT2D eigenvalue weighted by molar-refractivity contribution is 5.27. The van der Waals surface area contributed by atoms with Gasteiger partial charge in [-0.2, -0.15) is 0 Å². The Hall–Kier alpha value is -1.13. The van der Waals surface area contributed by atoms with Crippen molar-refractivity contribution in [2.45, 2.75) is 18.9 Å². The van der Waals surface area contributed by atoms with Gasteiger partial charge in [0.2, 0.25) is 5.88 Å². The Morgan fingerprint density at radius 1 is 1.47 bits per heavy atom. The number of hydrogen-bond donors (Lipinski definition) is 1. The highest BCUT2D eigenvalue weighted by Crippen LogP contribution is 2.25. The Morgan fingerprint density at radius 3 is 2.93 bits per heavy atom. The van der Waals surface area contributed by atoms with Gasteiger partial charge < -0.3 is 14.6 Å². The molecule has 0 aliphatic rings. The molecule has 0 saturated heterocycles. The van der Waals surface area contributed by atoms with Crippen LogP contribution in [-0.4, -0.2) is 30.9 Å². The topological polar surface area (TPSA) is 51.6 Å². The average Bonchev–Trinajstić information content (AvgIpc) is 2.29. The monoisotopic (exact) mass is 211 g/mol. The summed E-state index contributed by atoms with van der Waals surface area (Å²) in [4.78, 5) is 4.03. The summed E-state index contributed by atoms with van der Waals surface area (Å²) in [5, 5.41) is 9.88. The molecule has 1 heterocycles. The van der Waals surface area contributed by atoms with Gasteiger partial charge in [0.15, 0.2) is 0 Å². The molecule has 0 aliphatic carbocycles. The first-order chi connectivity index (χ1) is 7.29. The van der Waals surface area contributed by atoms with Crippen molar-refractivity contribution in [2.24, 2.45) is 0 Å². The van der Waals surface area contributed by atoms with E-state index < -0.39 is 6.10 Å². The summed E-state index contributed by atoms with van der Waals surface area (Å²) in [5.41, 5.74) is 0.733. The summed E-state index contributed by atoms with van der Waals surface area (Å²) >= 11 is 0. The number of methoxy groups -OCH3 is 2. The van der Waals surface area contributed by atoms with E-state index in [-0.39, 0.29) is 0 Å². The average molecular weight is 211 g/mol. The van der Waals surface area contributed by atoms with Gasteiger partial charge in [-0.25, -0.2) is 4.98 Å². The largest absolute Gasteiger partial charge is 0.481 e. The number of rotatable bonds is 6. The molecule has 0 fully saturated rings. The molecule has 4 heteroatoms. The zero-order valence-electron chi connectivity index (χ0n) is 9.14. The van der Waals surface area contributed by atoms with E-state index >= 15 is 0 Å². The smallest absolute Gasteiger partial charge is 0.218 e. The zero-order chi connectivity index (χ0) is 11.1. The van der Waals surface area contributed by atoms with Crippen LogP contribution in [0, 0.1) is 0 Å². The van der Waals surface area contributed by atoms with Crippen LogP contribution in [0.25, 0.3) is 0 Å². The summed E-state index contributed by atoms with van der Waals surface area (Å²) < 4.78 is 10.00. The van der Waals surface area contributed by atoms with E-state index in [1.807, 2.05) is 6.07 Å². The molecule has 1 aromatic rings. The standard InChI is InChI=1S/C11H17NO3/c1-14-8-4-6-10(13)9-5-3-7-12-11(9)15-2/h3,5,7,10,13H,4,6,8H2,1-2H3. The third-order valence-corrected chi connectivity index (χ3v) is 2.18. The van der Waals surface area contributed by atoms with Gasteiger partial charge in [-0.3, -0.25) is 0 Å². The fourth-order valence-corrected chi connectivity index (χ4v) is 1.40. The highest BCUT2D eigenvalue weighted by atomic mass is 16.5. The number of aromatic nitrogens is 1. The maximum atomic E-state index is 9.88. The molecule has 1 aromatic heterocycles. The molecule has 1 atom stereocenters. The minimum Gasteiger partial charge on any atom is -0.481 e. The van der Waals surface area contributed by atoms with Gasteiger partial charge in [0.1, 0.15) is 0 Å². The van der Waals surface area contributed by atoms with Crippen LogP contribution >= 0.6 is 0 Å². The zero-order valence-corrected chi connectivity index (χ0v) is 9.14. The normalized spacial score (nSPS) is 12.5. The van der Waals surface area contributed by atoms with Crippen molar-refractivity contribution >= 4 is 0 Å². The maximum Gasteiger partial charge on any atom is 0.218 e. The van der Waals surface area contributed by atoms with Gasteiger partial charge in [-0.15, -0.1) is 0 Å². The first-order valence-electron chi connectivity index (χ1n) is 4.95. The number of ether oxygens (including phenoxy) is 2. The van der Waals surface area contributed by atoms with E-state index in [1.165, 1.54) is 0 Å². The summed E-state index contributed by atoms with van der Waals surface area (Å²) in [7, 11) is 3.20. The van der Waals surface area contributed by atoms with Crippen LogP contribution < -0.4 is 4.74 Å². The third-order valence-electron chi connectivity index (χ3n) is 2.18. The first kappa shape index (κ1) is 11.9. The molecule has 0 saturated carbocycles. The molecular formula is C11H17NO3. The minimum absolute atomic E-state index is 0.488.